The molecule has 0 atom stereocenters. The van der Waals surface area contributed by atoms with Gasteiger partial charge in [-0.2, -0.15) is 10.4 Å². The van der Waals surface area contributed by atoms with Gasteiger partial charge in [-0.15, -0.1) is 0 Å². The van der Waals surface area contributed by atoms with E-state index in [-0.39, 0.29) is 22.8 Å². The molecule has 0 fully saturated rings. The third-order valence-electron chi connectivity index (χ3n) is 4.82. The van der Waals surface area contributed by atoms with Crippen LogP contribution in [0.1, 0.15) is 21.5 Å². The fourth-order valence-corrected chi connectivity index (χ4v) is 3.31. The number of nitrogens with zero attached hydrogens (tertiary/aromatic N) is 3. The zero-order valence-electron chi connectivity index (χ0n) is 17.2. The van der Waals surface area contributed by atoms with E-state index in [0.29, 0.717) is 16.7 Å². The van der Waals surface area contributed by atoms with Crippen LogP contribution in [0.2, 0.25) is 0 Å². The third kappa shape index (κ3) is 4.68. The molecule has 8 nitrogen and oxygen atoms in total. The van der Waals surface area contributed by atoms with E-state index in [2.05, 4.69) is 20.5 Å². The third-order valence-corrected chi connectivity index (χ3v) is 4.82. The smallest absolute Gasteiger partial charge is 0.336 e. The molecule has 0 saturated heterocycles. The lowest BCUT2D eigenvalue weighted by Gasteiger charge is -2.07. The zero-order valence-corrected chi connectivity index (χ0v) is 17.2. The van der Waals surface area contributed by atoms with Gasteiger partial charge in [0.25, 0.3) is 5.56 Å². The number of nitrogens with one attached hydrogen (secondary N) is 2. The Morgan fingerprint density at radius 2 is 1.76 bits per heavy atom. The van der Waals surface area contributed by atoms with Crippen molar-refractivity contribution in [1.29, 1.82) is 5.26 Å². The topological polar surface area (TPSA) is 131 Å². The molecule has 3 N–H and O–H groups in total. The number of carboxylic acids is 1. The highest BCUT2D eigenvalue weighted by atomic mass is 16.4. The summed E-state index contributed by atoms with van der Waals surface area (Å²) in [6.07, 6.45) is 1.52. The van der Waals surface area contributed by atoms with E-state index in [1.54, 1.807) is 60.7 Å². The van der Waals surface area contributed by atoms with Crippen LogP contribution < -0.4 is 11.0 Å². The molecule has 4 rings (SSSR count). The molecule has 0 amide bonds. The Kier molecular flexibility index (Phi) is 6.05. The number of hydrogen-bond donors (Lipinski definition) is 3. The van der Waals surface area contributed by atoms with Crippen LogP contribution in [0.4, 0.5) is 5.95 Å². The molecule has 3 aromatic carbocycles. The van der Waals surface area contributed by atoms with Crippen LogP contribution in [0, 0.1) is 11.3 Å². The molecule has 0 radical (unpaired) electrons. The van der Waals surface area contributed by atoms with Crippen molar-refractivity contribution in [3.63, 3.8) is 0 Å². The van der Waals surface area contributed by atoms with E-state index in [1.807, 2.05) is 24.3 Å². The summed E-state index contributed by atoms with van der Waals surface area (Å²) in [7, 11) is 0. The number of H-pyrrole nitrogens is 1. The normalized spacial score (nSPS) is 10.6. The molecule has 0 bridgehead atoms. The Morgan fingerprint density at radius 3 is 2.52 bits per heavy atom. The molecule has 0 spiro atoms. The van der Waals surface area contributed by atoms with Gasteiger partial charge >= 0.3 is 5.97 Å². The molecule has 33 heavy (non-hydrogen) atoms. The van der Waals surface area contributed by atoms with E-state index >= 15 is 0 Å². The average Bonchev–Trinajstić information content (AvgIpc) is 2.84. The molecule has 1 aromatic heterocycles. The van der Waals surface area contributed by atoms with Crippen LogP contribution in [0.25, 0.3) is 22.4 Å². The highest BCUT2D eigenvalue weighted by Gasteiger charge is 2.13. The van der Waals surface area contributed by atoms with Gasteiger partial charge in [-0.1, -0.05) is 66.7 Å². The van der Waals surface area contributed by atoms with Gasteiger partial charge in [-0.25, -0.2) is 15.2 Å². The summed E-state index contributed by atoms with van der Waals surface area (Å²) in [5, 5.41) is 22.9. The largest absolute Gasteiger partial charge is 0.478 e. The molecule has 160 valence electrons. The van der Waals surface area contributed by atoms with Gasteiger partial charge in [-0.05, 0) is 28.8 Å². The predicted octanol–water partition coefficient (Wildman–Crippen LogP) is 4.12. The predicted molar refractivity (Wildman–Crippen MR) is 125 cm³/mol. The molecule has 0 unspecified atom stereocenters. The number of benzene rings is 3. The van der Waals surface area contributed by atoms with Crippen molar-refractivity contribution in [3.8, 4) is 28.5 Å². The number of nitriles is 1. The summed E-state index contributed by atoms with van der Waals surface area (Å²) >= 11 is 0. The van der Waals surface area contributed by atoms with Gasteiger partial charge in [-0.3, -0.25) is 9.78 Å². The van der Waals surface area contributed by atoms with Gasteiger partial charge < -0.3 is 5.11 Å². The second-order valence-corrected chi connectivity index (χ2v) is 6.96. The number of aromatic amines is 1. The van der Waals surface area contributed by atoms with Crippen molar-refractivity contribution in [2.24, 2.45) is 5.10 Å². The van der Waals surface area contributed by atoms with E-state index in [1.165, 1.54) is 6.21 Å². The zero-order chi connectivity index (χ0) is 23.2. The SMILES string of the molecule is N#Cc1c(-c2ccccc2)nc(NN=Cc2cccc(-c3ccccc3C(=O)O)c2)[nH]c1=O. The van der Waals surface area contributed by atoms with Crippen molar-refractivity contribution in [3.05, 3.63) is 106 Å². The molecule has 8 heteroatoms. The number of anilines is 1. The average molecular weight is 435 g/mol. The van der Waals surface area contributed by atoms with E-state index < -0.39 is 11.5 Å². The molecule has 0 saturated carbocycles. The Hall–Kier alpha value is -5.03. The summed E-state index contributed by atoms with van der Waals surface area (Å²) < 4.78 is 0. The van der Waals surface area contributed by atoms with Crippen molar-refractivity contribution >= 4 is 18.1 Å². The summed E-state index contributed by atoms with van der Waals surface area (Å²) in [5.74, 6) is -0.919. The number of aromatic nitrogens is 2. The molecule has 1 heterocycles. The maximum absolute atomic E-state index is 12.3. The molecule has 0 aliphatic heterocycles. The first kappa shape index (κ1) is 21.2. The maximum Gasteiger partial charge on any atom is 0.336 e. The Morgan fingerprint density at radius 1 is 1.03 bits per heavy atom. The van der Waals surface area contributed by atoms with E-state index in [0.717, 1.165) is 5.56 Å². The summed E-state index contributed by atoms with van der Waals surface area (Å²) in [6, 6.07) is 24.8. The van der Waals surface area contributed by atoms with Gasteiger partial charge in [0.15, 0.2) is 0 Å². The highest BCUT2D eigenvalue weighted by Crippen LogP contribution is 2.24. The minimum absolute atomic E-state index is 0.0828. The first-order valence-corrected chi connectivity index (χ1v) is 9.88. The summed E-state index contributed by atoms with van der Waals surface area (Å²) in [6.45, 7) is 0. The Labute approximate surface area is 188 Å². The monoisotopic (exact) mass is 435 g/mol. The lowest BCUT2D eigenvalue weighted by molar-refractivity contribution is 0.0697. The van der Waals surface area contributed by atoms with Gasteiger partial charge in [0.05, 0.1) is 17.5 Å². The van der Waals surface area contributed by atoms with Crippen LogP contribution in [-0.4, -0.2) is 27.3 Å². The van der Waals surface area contributed by atoms with Crippen LogP contribution >= 0.6 is 0 Å². The van der Waals surface area contributed by atoms with Crippen LogP contribution in [0.3, 0.4) is 0 Å². The fourth-order valence-electron chi connectivity index (χ4n) is 3.31. The lowest BCUT2D eigenvalue weighted by atomic mass is 9.98. The molecule has 0 aliphatic rings. The van der Waals surface area contributed by atoms with Crippen molar-refractivity contribution in [2.45, 2.75) is 0 Å². The van der Waals surface area contributed by atoms with E-state index in [9.17, 15) is 20.0 Å². The van der Waals surface area contributed by atoms with Crippen molar-refractivity contribution in [1.82, 2.24) is 9.97 Å². The van der Waals surface area contributed by atoms with Crippen LogP contribution in [-0.2, 0) is 0 Å². The van der Waals surface area contributed by atoms with Crippen LogP contribution in [0.15, 0.2) is 88.8 Å². The number of carbonyl (C=O) groups is 1. The second-order valence-electron chi connectivity index (χ2n) is 6.96. The van der Waals surface area contributed by atoms with Crippen LogP contribution in [0.5, 0.6) is 0 Å². The second kappa shape index (κ2) is 9.41. The number of carboxylic acid groups (broad SMARTS) is 1. The van der Waals surface area contributed by atoms with Crippen molar-refractivity contribution in [2.75, 3.05) is 5.43 Å². The molecular formula is C25H17N5O3. The van der Waals surface area contributed by atoms with Crippen molar-refractivity contribution < 1.29 is 9.90 Å². The first-order valence-electron chi connectivity index (χ1n) is 9.88. The summed E-state index contributed by atoms with van der Waals surface area (Å²) in [5.41, 5.74) is 5.16. The Balaban J connectivity index is 1.61. The quantitative estimate of drug-likeness (QED) is 0.308. The molecule has 4 aromatic rings. The number of rotatable bonds is 6. The number of aromatic carboxylic acids is 1. The minimum Gasteiger partial charge on any atom is -0.478 e. The lowest BCUT2D eigenvalue weighted by Crippen LogP contribution is -2.16. The standard InChI is InChI=1S/C25H17N5O3/c26-14-21-22(17-8-2-1-3-9-17)28-25(29-23(21)31)30-27-15-16-7-6-10-18(13-16)19-11-4-5-12-20(19)24(32)33/h1-13,15H,(H,32,33)(H2,28,29,30,31). The summed E-state index contributed by atoms with van der Waals surface area (Å²) in [4.78, 5) is 30.7. The number of hydrazone groups is 1. The first-order chi connectivity index (χ1) is 16.1. The fraction of sp³-hybridized carbons (Fsp3) is 0. The van der Waals surface area contributed by atoms with E-state index in [4.69, 9.17) is 0 Å². The maximum atomic E-state index is 12.3. The van der Waals surface area contributed by atoms with Gasteiger partial charge in [0.1, 0.15) is 11.6 Å². The Bertz CT molecular complexity index is 1450. The number of hydrogen-bond acceptors (Lipinski definition) is 6. The molecular weight excluding hydrogens is 418 g/mol. The molecule has 0 aliphatic carbocycles. The van der Waals surface area contributed by atoms with Gasteiger partial charge in [0, 0.05) is 5.56 Å². The highest BCUT2D eigenvalue weighted by molar-refractivity contribution is 5.96. The minimum atomic E-state index is -1.00. The van der Waals surface area contributed by atoms with Gasteiger partial charge in [0.2, 0.25) is 5.95 Å².